The fourth-order valence-electron chi connectivity index (χ4n) is 3.77. The molecule has 2 fully saturated rings. The first kappa shape index (κ1) is 21.7. The van der Waals surface area contributed by atoms with Crippen LogP contribution >= 0.6 is 35.6 Å². The quantitative estimate of drug-likeness (QED) is 0.384. The van der Waals surface area contributed by atoms with Crippen molar-refractivity contribution in [3.63, 3.8) is 0 Å². The van der Waals surface area contributed by atoms with Crippen LogP contribution in [0.3, 0.4) is 0 Å². The van der Waals surface area contributed by atoms with Crippen LogP contribution in [0.5, 0.6) is 0 Å². The molecule has 2 saturated heterocycles. The van der Waals surface area contributed by atoms with Crippen molar-refractivity contribution in [1.82, 2.24) is 15.1 Å². The number of guanidine groups is 1. The van der Waals surface area contributed by atoms with Crippen molar-refractivity contribution < 1.29 is 4.39 Å². The average Bonchev–Trinajstić information content (AvgIpc) is 3.27. The normalized spacial score (nSPS) is 21.1. The monoisotopic (exact) mass is 494 g/mol. The van der Waals surface area contributed by atoms with Crippen molar-refractivity contribution in [2.24, 2.45) is 4.99 Å². The molecule has 0 aliphatic carbocycles. The minimum Gasteiger partial charge on any atom is -0.357 e. The predicted octanol–water partition coefficient (Wildman–Crippen LogP) is 3.78. The zero-order chi connectivity index (χ0) is 17.6. The summed E-state index contributed by atoms with van der Waals surface area (Å²) < 4.78 is 13.1. The van der Waals surface area contributed by atoms with Crippen LogP contribution in [0.15, 0.2) is 23.2 Å². The molecule has 1 atom stereocenters. The van der Waals surface area contributed by atoms with Gasteiger partial charge in [-0.2, -0.15) is 0 Å². The van der Waals surface area contributed by atoms with Crippen LogP contribution in [0.1, 0.15) is 31.7 Å². The van der Waals surface area contributed by atoms with Gasteiger partial charge in [0.2, 0.25) is 0 Å². The summed E-state index contributed by atoms with van der Waals surface area (Å²) in [5.74, 6) is 0.693. The molecule has 1 N–H and O–H groups in total. The van der Waals surface area contributed by atoms with Gasteiger partial charge >= 0.3 is 0 Å². The summed E-state index contributed by atoms with van der Waals surface area (Å²) in [6.07, 6.45) is 4.61. The molecule has 1 aromatic rings. The first-order valence-corrected chi connectivity index (χ1v) is 9.76. The van der Waals surface area contributed by atoms with E-state index >= 15 is 0 Å². The molecule has 3 rings (SSSR count). The highest BCUT2D eigenvalue weighted by molar-refractivity contribution is 14.0. The molecule has 0 spiro atoms. The second-order valence-electron chi connectivity index (χ2n) is 6.85. The third-order valence-corrected chi connectivity index (χ3v) is 5.46. The van der Waals surface area contributed by atoms with E-state index in [-0.39, 0.29) is 29.8 Å². The Hall–Kier alpha value is -0.600. The van der Waals surface area contributed by atoms with Crippen molar-refractivity contribution in [1.29, 1.82) is 0 Å². The number of likely N-dealkylation sites (tertiary alicyclic amines) is 2. The van der Waals surface area contributed by atoms with E-state index in [0.29, 0.717) is 17.6 Å². The van der Waals surface area contributed by atoms with Crippen molar-refractivity contribution in [2.75, 3.05) is 39.3 Å². The first-order chi connectivity index (χ1) is 12.2. The van der Waals surface area contributed by atoms with Gasteiger partial charge in [0.15, 0.2) is 5.96 Å². The van der Waals surface area contributed by atoms with E-state index < -0.39 is 0 Å². The average molecular weight is 495 g/mol. The summed E-state index contributed by atoms with van der Waals surface area (Å²) in [6.45, 7) is 8.22. The van der Waals surface area contributed by atoms with Crippen LogP contribution in [0.25, 0.3) is 0 Å². The fourth-order valence-corrected chi connectivity index (χ4v) is 4.03. The molecule has 1 unspecified atom stereocenters. The van der Waals surface area contributed by atoms with E-state index in [9.17, 15) is 4.39 Å². The molecule has 7 heteroatoms. The lowest BCUT2D eigenvalue weighted by atomic mass is 10.1. The zero-order valence-corrected chi connectivity index (χ0v) is 18.5. The standard InChI is InChI=1S/C19H28ClFN4.HI/c1-2-22-19(23-9-7-15-5-6-16(21)13-18(15)20)25-12-8-17(14-25)24-10-3-4-11-24;/h5-6,13,17H,2-4,7-12,14H2,1H3,(H,22,23);1H. The third-order valence-electron chi connectivity index (χ3n) is 5.11. The number of halogens is 3. The van der Waals surface area contributed by atoms with Crippen LogP contribution in [-0.4, -0.2) is 61.1 Å². The van der Waals surface area contributed by atoms with E-state index in [1.54, 1.807) is 6.07 Å². The molecular weight excluding hydrogens is 466 g/mol. The van der Waals surface area contributed by atoms with E-state index in [1.165, 1.54) is 44.5 Å². The van der Waals surface area contributed by atoms with E-state index in [4.69, 9.17) is 16.6 Å². The summed E-state index contributed by atoms with van der Waals surface area (Å²) >= 11 is 6.10. The van der Waals surface area contributed by atoms with Crippen molar-refractivity contribution in [3.8, 4) is 0 Å². The molecule has 2 aliphatic rings. The van der Waals surface area contributed by atoms with E-state index in [2.05, 4.69) is 22.0 Å². The fraction of sp³-hybridized carbons (Fsp3) is 0.632. The lowest BCUT2D eigenvalue weighted by molar-refractivity contribution is 0.249. The second-order valence-corrected chi connectivity index (χ2v) is 7.26. The summed E-state index contributed by atoms with van der Waals surface area (Å²) in [7, 11) is 0. The van der Waals surface area contributed by atoms with Crippen LogP contribution in [0.2, 0.25) is 5.02 Å². The lowest BCUT2D eigenvalue weighted by Crippen LogP contribution is -2.42. The van der Waals surface area contributed by atoms with Gasteiger partial charge in [-0.3, -0.25) is 9.89 Å². The van der Waals surface area contributed by atoms with Gasteiger partial charge in [-0.25, -0.2) is 4.39 Å². The van der Waals surface area contributed by atoms with Gasteiger partial charge in [0, 0.05) is 37.2 Å². The molecule has 0 saturated carbocycles. The first-order valence-electron chi connectivity index (χ1n) is 9.38. The van der Waals surface area contributed by atoms with Crippen LogP contribution in [0.4, 0.5) is 4.39 Å². The number of aliphatic imine (C=N–C) groups is 1. The Balaban J connectivity index is 0.00000243. The van der Waals surface area contributed by atoms with Gasteiger partial charge in [-0.15, -0.1) is 24.0 Å². The van der Waals surface area contributed by atoms with E-state index in [1.807, 2.05) is 0 Å². The zero-order valence-electron chi connectivity index (χ0n) is 15.4. The number of nitrogens with zero attached hydrogens (tertiary/aromatic N) is 3. The number of hydrogen-bond donors (Lipinski definition) is 1. The molecule has 26 heavy (non-hydrogen) atoms. The maximum absolute atomic E-state index is 13.1. The molecule has 4 nitrogen and oxygen atoms in total. The maximum Gasteiger partial charge on any atom is 0.193 e. The Morgan fingerprint density at radius 2 is 2.08 bits per heavy atom. The second kappa shape index (κ2) is 10.7. The molecule has 2 heterocycles. The van der Waals surface area contributed by atoms with Gasteiger partial charge in [0.25, 0.3) is 0 Å². The number of rotatable bonds is 5. The van der Waals surface area contributed by atoms with Gasteiger partial charge < -0.3 is 10.2 Å². The van der Waals surface area contributed by atoms with Gasteiger partial charge in [0.1, 0.15) is 5.82 Å². The molecular formula is C19H29ClFIN4. The van der Waals surface area contributed by atoms with E-state index in [0.717, 1.165) is 37.6 Å². The molecule has 0 amide bonds. The minimum atomic E-state index is -0.296. The summed E-state index contributed by atoms with van der Waals surface area (Å²) in [5, 5.41) is 3.89. The van der Waals surface area contributed by atoms with Gasteiger partial charge in [-0.05, 0) is 63.4 Å². The third kappa shape index (κ3) is 5.70. The summed E-state index contributed by atoms with van der Waals surface area (Å²) in [5.41, 5.74) is 0.944. The topological polar surface area (TPSA) is 30.9 Å². The number of hydrogen-bond acceptors (Lipinski definition) is 2. The lowest BCUT2D eigenvalue weighted by Gasteiger charge is -2.25. The number of benzene rings is 1. The molecule has 0 aromatic heterocycles. The smallest absolute Gasteiger partial charge is 0.193 e. The van der Waals surface area contributed by atoms with Crippen LogP contribution < -0.4 is 5.32 Å². The van der Waals surface area contributed by atoms with Gasteiger partial charge in [0.05, 0.1) is 0 Å². The highest BCUT2D eigenvalue weighted by atomic mass is 127. The molecule has 0 radical (unpaired) electrons. The van der Waals surface area contributed by atoms with Crippen molar-refractivity contribution in [2.45, 2.75) is 38.6 Å². The minimum absolute atomic E-state index is 0. The SMILES string of the molecule is CCNC(=NCCc1ccc(F)cc1Cl)N1CCC(N2CCCC2)C1.I. The Kier molecular flexibility index (Phi) is 8.90. The van der Waals surface area contributed by atoms with Crippen molar-refractivity contribution >= 4 is 41.5 Å². The Bertz CT molecular complexity index is 607. The summed E-state index contributed by atoms with van der Waals surface area (Å²) in [6, 6.07) is 5.24. The largest absolute Gasteiger partial charge is 0.357 e. The predicted molar refractivity (Wildman–Crippen MR) is 117 cm³/mol. The Morgan fingerprint density at radius 1 is 1.31 bits per heavy atom. The Labute approximate surface area is 178 Å². The summed E-state index contributed by atoms with van der Waals surface area (Å²) in [4.78, 5) is 9.78. The maximum atomic E-state index is 13.1. The highest BCUT2D eigenvalue weighted by Gasteiger charge is 2.30. The molecule has 146 valence electrons. The van der Waals surface area contributed by atoms with Gasteiger partial charge in [-0.1, -0.05) is 17.7 Å². The highest BCUT2D eigenvalue weighted by Crippen LogP contribution is 2.21. The molecule has 1 aromatic carbocycles. The van der Waals surface area contributed by atoms with Crippen LogP contribution in [-0.2, 0) is 6.42 Å². The Morgan fingerprint density at radius 3 is 2.77 bits per heavy atom. The van der Waals surface area contributed by atoms with Crippen LogP contribution in [0, 0.1) is 5.82 Å². The van der Waals surface area contributed by atoms with Crippen molar-refractivity contribution in [3.05, 3.63) is 34.6 Å². The number of nitrogens with one attached hydrogen (secondary N) is 1. The molecule has 2 aliphatic heterocycles. The molecule has 0 bridgehead atoms.